The number of carbonyl (C=O) groups excluding carboxylic acids is 2. The van der Waals surface area contributed by atoms with Crippen LogP contribution in [0.3, 0.4) is 0 Å². The first-order valence-electron chi connectivity index (χ1n) is 10.6. The fourth-order valence-corrected chi connectivity index (χ4v) is 4.56. The zero-order valence-corrected chi connectivity index (χ0v) is 19.1. The lowest BCUT2D eigenvalue weighted by atomic mass is 9.86. The Morgan fingerprint density at radius 2 is 2.00 bits per heavy atom. The second kappa shape index (κ2) is 9.79. The van der Waals surface area contributed by atoms with Crippen molar-refractivity contribution in [2.24, 2.45) is 0 Å². The lowest BCUT2D eigenvalue weighted by Crippen LogP contribution is -2.63. The molecule has 2 aromatic heterocycles. The molecule has 0 saturated carbocycles. The number of halogens is 2. The van der Waals surface area contributed by atoms with Crippen LogP contribution in [-0.4, -0.2) is 47.0 Å². The molecule has 0 radical (unpaired) electrons. The van der Waals surface area contributed by atoms with Gasteiger partial charge in [-0.05, 0) is 83.7 Å². The summed E-state index contributed by atoms with van der Waals surface area (Å²) in [6, 6.07) is 6.45. The van der Waals surface area contributed by atoms with Crippen LogP contribution in [-0.2, 0) is 22.4 Å². The molecule has 3 heterocycles. The van der Waals surface area contributed by atoms with Gasteiger partial charge in [0.2, 0.25) is 11.8 Å². The molecule has 0 bridgehead atoms. The highest BCUT2D eigenvalue weighted by Crippen LogP contribution is 2.21. The molecule has 168 valence electrons. The second-order valence-electron chi connectivity index (χ2n) is 8.08. The van der Waals surface area contributed by atoms with Crippen LogP contribution in [0.2, 0.25) is 0 Å². The lowest BCUT2D eigenvalue weighted by molar-refractivity contribution is -0.134. The summed E-state index contributed by atoms with van der Waals surface area (Å²) in [7, 11) is 0. The van der Waals surface area contributed by atoms with E-state index in [9.17, 15) is 14.0 Å². The number of aromatic nitrogens is 2. The Bertz CT molecular complexity index is 1130. The Hall–Kier alpha value is -2.78. The van der Waals surface area contributed by atoms with Crippen LogP contribution in [0.5, 0.6) is 0 Å². The van der Waals surface area contributed by atoms with E-state index in [0.717, 1.165) is 26.5 Å². The zero-order chi connectivity index (χ0) is 22.6. The monoisotopic (exact) mass is 501 g/mol. The number of aromatic amines is 1. The van der Waals surface area contributed by atoms with E-state index in [1.165, 1.54) is 12.1 Å². The topological polar surface area (TPSA) is 98.9 Å². The quantitative estimate of drug-likeness (QED) is 0.399. The summed E-state index contributed by atoms with van der Waals surface area (Å²) in [6.07, 6.45) is 6.87. The van der Waals surface area contributed by atoms with E-state index in [4.69, 9.17) is 0 Å². The van der Waals surface area contributed by atoms with Gasteiger partial charge in [-0.15, -0.1) is 0 Å². The standard InChI is InChI=1S/C23H25BrFN5O2/c24-17-9-15(12-27-14-17)10-21(31)30-23(4-7-26-8-5-23)22(32)28-6-3-16-13-29-20-2-1-18(25)11-19(16)20/h1-2,9,11-14,26,29H,3-8,10H2,(H,28,32)(H,30,31). The third-order valence-electron chi connectivity index (χ3n) is 5.81. The SMILES string of the molecule is O=C(Cc1cncc(Br)c1)NC1(C(=O)NCCc2c[nH]c3ccc(F)cc23)CCNCC1. The Labute approximate surface area is 193 Å². The summed E-state index contributed by atoms with van der Waals surface area (Å²) in [4.78, 5) is 33.1. The van der Waals surface area contributed by atoms with Crippen molar-refractivity contribution >= 4 is 38.6 Å². The van der Waals surface area contributed by atoms with E-state index >= 15 is 0 Å². The van der Waals surface area contributed by atoms with E-state index in [1.54, 1.807) is 18.5 Å². The molecule has 9 heteroatoms. The van der Waals surface area contributed by atoms with Crippen molar-refractivity contribution in [3.63, 3.8) is 0 Å². The molecule has 1 aromatic carbocycles. The smallest absolute Gasteiger partial charge is 0.245 e. The number of piperidine rings is 1. The van der Waals surface area contributed by atoms with E-state index in [0.29, 0.717) is 38.9 Å². The van der Waals surface area contributed by atoms with Crippen molar-refractivity contribution < 1.29 is 14.0 Å². The molecule has 4 N–H and O–H groups in total. The number of fused-ring (bicyclic) bond motifs is 1. The fraction of sp³-hybridized carbons (Fsp3) is 0.348. The van der Waals surface area contributed by atoms with Gasteiger partial charge in [-0.25, -0.2) is 4.39 Å². The average Bonchev–Trinajstić information content (AvgIpc) is 3.16. The Kier molecular flexibility index (Phi) is 6.86. The van der Waals surface area contributed by atoms with Gasteiger partial charge < -0.3 is 20.9 Å². The van der Waals surface area contributed by atoms with Crippen LogP contribution < -0.4 is 16.0 Å². The van der Waals surface area contributed by atoms with Crippen LogP contribution in [0, 0.1) is 5.82 Å². The number of H-pyrrole nitrogens is 1. The molecule has 1 aliphatic heterocycles. The van der Waals surface area contributed by atoms with Crippen molar-refractivity contribution in [3.8, 4) is 0 Å². The molecule has 1 saturated heterocycles. The summed E-state index contributed by atoms with van der Waals surface area (Å²) in [6.45, 7) is 1.69. The third kappa shape index (κ3) is 5.16. The van der Waals surface area contributed by atoms with E-state index < -0.39 is 5.54 Å². The summed E-state index contributed by atoms with van der Waals surface area (Å²) < 4.78 is 14.4. The molecule has 1 aliphatic rings. The van der Waals surface area contributed by atoms with Gasteiger partial charge in [-0.3, -0.25) is 14.6 Å². The van der Waals surface area contributed by atoms with Crippen LogP contribution in [0.1, 0.15) is 24.0 Å². The van der Waals surface area contributed by atoms with Crippen molar-refractivity contribution in [2.75, 3.05) is 19.6 Å². The van der Waals surface area contributed by atoms with Crippen molar-refractivity contribution in [3.05, 3.63) is 64.3 Å². The number of benzene rings is 1. The average molecular weight is 502 g/mol. The third-order valence-corrected chi connectivity index (χ3v) is 6.24. The summed E-state index contributed by atoms with van der Waals surface area (Å²) in [5.41, 5.74) is 1.61. The Morgan fingerprint density at radius 3 is 2.78 bits per heavy atom. The molecular formula is C23H25BrFN5O2. The molecule has 4 rings (SSSR count). The first-order chi connectivity index (χ1) is 15.4. The lowest BCUT2D eigenvalue weighted by Gasteiger charge is -2.37. The molecule has 3 aromatic rings. The summed E-state index contributed by atoms with van der Waals surface area (Å²) in [5.74, 6) is -0.695. The number of nitrogens with zero attached hydrogens (tertiary/aromatic N) is 1. The van der Waals surface area contributed by atoms with Crippen LogP contribution in [0.15, 0.2) is 47.3 Å². The minimum absolute atomic E-state index is 0.149. The number of pyridine rings is 1. The van der Waals surface area contributed by atoms with Gasteiger partial charge in [-0.1, -0.05) is 0 Å². The first kappa shape index (κ1) is 22.4. The van der Waals surface area contributed by atoms with Crippen molar-refractivity contribution in [1.82, 2.24) is 25.9 Å². The molecule has 1 fully saturated rings. The number of rotatable bonds is 7. The van der Waals surface area contributed by atoms with Gasteiger partial charge in [0.15, 0.2) is 0 Å². The predicted molar refractivity (Wildman–Crippen MR) is 124 cm³/mol. The van der Waals surface area contributed by atoms with Crippen LogP contribution in [0.4, 0.5) is 4.39 Å². The van der Waals surface area contributed by atoms with E-state index in [1.807, 2.05) is 12.3 Å². The van der Waals surface area contributed by atoms with Crippen LogP contribution in [0.25, 0.3) is 10.9 Å². The van der Waals surface area contributed by atoms with Crippen LogP contribution >= 0.6 is 15.9 Å². The van der Waals surface area contributed by atoms with Gasteiger partial charge in [0.25, 0.3) is 0 Å². The van der Waals surface area contributed by atoms with Gasteiger partial charge in [-0.2, -0.15) is 0 Å². The number of amides is 2. The number of carbonyl (C=O) groups is 2. The molecule has 32 heavy (non-hydrogen) atoms. The Morgan fingerprint density at radius 1 is 1.19 bits per heavy atom. The molecule has 0 aliphatic carbocycles. The summed E-state index contributed by atoms with van der Waals surface area (Å²) in [5, 5.41) is 10.0. The zero-order valence-electron chi connectivity index (χ0n) is 17.5. The molecule has 2 amide bonds. The highest BCUT2D eigenvalue weighted by Gasteiger charge is 2.40. The van der Waals surface area contributed by atoms with Crippen molar-refractivity contribution in [1.29, 1.82) is 0 Å². The molecular weight excluding hydrogens is 477 g/mol. The maximum atomic E-state index is 13.6. The highest BCUT2D eigenvalue weighted by atomic mass is 79.9. The maximum absolute atomic E-state index is 13.6. The minimum Gasteiger partial charge on any atom is -0.361 e. The maximum Gasteiger partial charge on any atom is 0.245 e. The molecule has 0 spiro atoms. The van der Waals surface area contributed by atoms with E-state index in [-0.39, 0.29) is 24.1 Å². The predicted octanol–water partition coefficient (Wildman–Crippen LogP) is 2.60. The minimum atomic E-state index is -0.950. The Balaban J connectivity index is 1.39. The highest BCUT2D eigenvalue weighted by molar-refractivity contribution is 9.10. The van der Waals surface area contributed by atoms with E-state index in [2.05, 4.69) is 41.8 Å². The molecule has 0 unspecified atom stereocenters. The second-order valence-corrected chi connectivity index (χ2v) is 8.99. The fourth-order valence-electron chi connectivity index (χ4n) is 4.15. The first-order valence-corrected chi connectivity index (χ1v) is 11.4. The molecule has 7 nitrogen and oxygen atoms in total. The molecule has 0 atom stereocenters. The number of nitrogens with one attached hydrogen (secondary N) is 4. The van der Waals surface area contributed by atoms with Gasteiger partial charge in [0.05, 0.1) is 6.42 Å². The number of hydrogen-bond acceptors (Lipinski definition) is 4. The summed E-state index contributed by atoms with van der Waals surface area (Å²) >= 11 is 3.36. The number of hydrogen-bond donors (Lipinski definition) is 4. The van der Waals surface area contributed by atoms with Gasteiger partial charge in [0.1, 0.15) is 11.4 Å². The largest absolute Gasteiger partial charge is 0.361 e. The van der Waals surface area contributed by atoms with Gasteiger partial charge >= 0.3 is 0 Å². The van der Waals surface area contributed by atoms with Crippen molar-refractivity contribution in [2.45, 2.75) is 31.2 Å². The van der Waals surface area contributed by atoms with Gasteiger partial charge in [0, 0.05) is 40.5 Å². The normalized spacial score (nSPS) is 15.4.